The van der Waals surface area contributed by atoms with Crippen molar-refractivity contribution in [2.45, 2.75) is 6.61 Å². The molecular weight excluding hydrogens is 405 g/mol. The van der Waals surface area contributed by atoms with Crippen LogP contribution in [-0.2, 0) is 19.5 Å². The third kappa shape index (κ3) is 5.00. The van der Waals surface area contributed by atoms with Crippen LogP contribution in [-0.4, -0.2) is 11.6 Å². The fraction of sp³-hybridized carbons (Fsp3) is 0.0769. The Labute approximate surface area is 144 Å². The number of halogens is 4. The minimum Gasteiger partial charge on any atom is -0.419 e. The van der Waals surface area contributed by atoms with Crippen LogP contribution in [0.1, 0.15) is 5.56 Å². The zero-order chi connectivity index (χ0) is 13.1. The molecule has 0 radical (unpaired) electrons. The molecule has 0 saturated heterocycles. The van der Waals surface area contributed by atoms with Gasteiger partial charge in [-0.2, -0.15) is 21.3 Å². The zero-order valence-corrected chi connectivity index (χ0v) is 15.8. The maximum absolute atomic E-state index is 12.3. The summed E-state index contributed by atoms with van der Waals surface area (Å²) in [6, 6.07) is 8.42. The van der Waals surface area contributed by atoms with Crippen molar-refractivity contribution in [1.29, 1.82) is 0 Å². The van der Waals surface area contributed by atoms with Crippen LogP contribution in [0.3, 0.4) is 0 Å². The van der Waals surface area contributed by atoms with Crippen LogP contribution in [0.25, 0.3) is 11.1 Å². The van der Waals surface area contributed by atoms with Crippen LogP contribution in [0.5, 0.6) is 5.88 Å². The summed E-state index contributed by atoms with van der Waals surface area (Å²) in [6.07, 6.45) is 1.37. The third-order valence-electron chi connectivity index (χ3n) is 2.24. The molecule has 1 heterocycles. The van der Waals surface area contributed by atoms with E-state index in [2.05, 4.69) is 16.6 Å². The summed E-state index contributed by atoms with van der Waals surface area (Å²) in [5, 5.41) is 0.505. The average molecular weight is 415 g/mol. The van der Waals surface area contributed by atoms with Gasteiger partial charge in [0.25, 0.3) is 0 Å². The predicted molar refractivity (Wildman–Crippen MR) is 76.1 cm³/mol. The van der Waals surface area contributed by atoms with Crippen LogP contribution in [0.15, 0.2) is 36.5 Å². The minimum atomic E-state index is -2.92. The monoisotopic (exact) mass is 412 g/mol. The summed E-state index contributed by atoms with van der Waals surface area (Å²) >= 11 is 5.87. The molecule has 104 valence electrons. The Morgan fingerprint density at radius 2 is 1.95 bits per heavy atom. The maximum Gasteiger partial charge on any atom is 0.388 e. The van der Waals surface area contributed by atoms with Gasteiger partial charge < -0.3 is 4.74 Å². The molecule has 0 N–H and O–H groups in total. The molecule has 0 saturated carbocycles. The number of hydrogen-bond donors (Lipinski definition) is 0. The van der Waals surface area contributed by atoms with Gasteiger partial charge in [-0.3, -0.25) is 4.98 Å². The average Bonchev–Trinajstić information content (AvgIpc) is 2.31. The Bertz CT molecular complexity index is 572. The SMILES string of the molecule is Br.[CH2-]c1cnc(OC(F)F)c(-c2cccc(Cl)c2)c1.[Zn]. The molecule has 0 atom stereocenters. The topological polar surface area (TPSA) is 22.1 Å². The number of pyridine rings is 1. The van der Waals surface area contributed by atoms with Crippen molar-refractivity contribution >= 4 is 28.6 Å². The van der Waals surface area contributed by atoms with Crippen molar-refractivity contribution in [2.75, 3.05) is 0 Å². The normalized spacial score (nSPS) is 9.60. The van der Waals surface area contributed by atoms with E-state index in [1.165, 1.54) is 6.20 Å². The number of aromatic nitrogens is 1. The molecule has 2 nitrogen and oxygen atoms in total. The van der Waals surface area contributed by atoms with Gasteiger partial charge in [0.15, 0.2) is 0 Å². The van der Waals surface area contributed by atoms with Gasteiger partial charge >= 0.3 is 6.61 Å². The van der Waals surface area contributed by atoms with Crippen molar-refractivity contribution in [2.24, 2.45) is 0 Å². The van der Waals surface area contributed by atoms with E-state index in [1.807, 2.05) is 0 Å². The first kappa shape index (κ1) is 19.3. The summed E-state index contributed by atoms with van der Waals surface area (Å²) in [6.45, 7) is 0.786. The first-order valence-corrected chi connectivity index (χ1v) is 5.47. The first-order chi connectivity index (χ1) is 8.56. The largest absolute Gasteiger partial charge is 0.419 e. The Balaban J connectivity index is 0.00000180. The first-order valence-electron chi connectivity index (χ1n) is 5.09. The molecule has 2 aromatic rings. The quantitative estimate of drug-likeness (QED) is 0.533. The van der Waals surface area contributed by atoms with Crippen LogP contribution in [0.4, 0.5) is 8.78 Å². The molecule has 0 amide bonds. The van der Waals surface area contributed by atoms with Crippen molar-refractivity contribution in [1.82, 2.24) is 4.98 Å². The Morgan fingerprint density at radius 1 is 1.25 bits per heavy atom. The summed E-state index contributed by atoms with van der Waals surface area (Å²) in [4.78, 5) is 3.82. The van der Waals surface area contributed by atoms with Gasteiger partial charge in [-0.05, 0) is 23.3 Å². The van der Waals surface area contributed by atoms with E-state index in [0.717, 1.165) is 0 Å². The number of nitrogens with zero attached hydrogens (tertiary/aromatic N) is 1. The van der Waals surface area contributed by atoms with E-state index in [0.29, 0.717) is 21.7 Å². The van der Waals surface area contributed by atoms with Crippen molar-refractivity contribution in [3.63, 3.8) is 0 Å². The third-order valence-corrected chi connectivity index (χ3v) is 2.48. The van der Waals surface area contributed by atoms with Gasteiger partial charge in [-0.1, -0.05) is 29.9 Å². The predicted octanol–water partition coefficient (Wildman–Crippen LogP) is 4.76. The number of hydrogen-bond acceptors (Lipinski definition) is 2. The van der Waals surface area contributed by atoms with Crippen LogP contribution in [0, 0.1) is 6.92 Å². The molecule has 2 rings (SSSR count). The summed E-state index contributed by atoms with van der Waals surface area (Å²) in [7, 11) is 0. The number of rotatable bonds is 3. The minimum absolute atomic E-state index is 0. The van der Waals surface area contributed by atoms with Gasteiger partial charge in [-0.25, -0.2) is 0 Å². The van der Waals surface area contributed by atoms with Gasteiger partial charge in [0.1, 0.15) is 0 Å². The van der Waals surface area contributed by atoms with Crippen LogP contribution < -0.4 is 4.74 Å². The van der Waals surface area contributed by atoms with E-state index >= 15 is 0 Å². The Kier molecular flexibility index (Phi) is 8.25. The van der Waals surface area contributed by atoms with E-state index in [-0.39, 0.29) is 42.3 Å². The molecule has 0 bridgehead atoms. The van der Waals surface area contributed by atoms with Crippen molar-refractivity contribution in [3.8, 4) is 17.0 Å². The second kappa shape index (κ2) is 8.55. The van der Waals surface area contributed by atoms with Crippen LogP contribution in [0.2, 0.25) is 5.02 Å². The molecule has 0 aliphatic rings. The molecule has 20 heavy (non-hydrogen) atoms. The summed E-state index contributed by atoms with van der Waals surface area (Å²) in [5.41, 5.74) is 1.69. The Hall–Kier alpha value is -0.707. The molecule has 0 spiro atoms. The molecule has 7 heteroatoms. The van der Waals surface area contributed by atoms with E-state index in [4.69, 9.17) is 11.6 Å². The number of benzene rings is 1. The number of ether oxygens (including phenoxy) is 1. The molecule has 1 aromatic heterocycles. The van der Waals surface area contributed by atoms with E-state index < -0.39 is 6.61 Å². The smallest absolute Gasteiger partial charge is 0.388 e. The summed E-state index contributed by atoms with van der Waals surface area (Å²) in [5.74, 6) is -0.139. The van der Waals surface area contributed by atoms with Gasteiger partial charge in [-0.15, -0.1) is 23.0 Å². The zero-order valence-electron chi connectivity index (χ0n) is 10.4. The van der Waals surface area contributed by atoms with E-state index in [9.17, 15) is 8.78 Å². The molecular formula is C13H10BrClF2NOZn-. The van der Waals surface area contributed by atoms with Gasteiger partial charge in [0.2, 0.25) is 5.88 Å². The van der Waals surface area contributed by atoms with Gasteiger partial charge in [0, 0.05) is 24.5 Å². The fourth-order valence-corrected chi connectivity index (χ4v) is 1.73. The molecule has 0 fully saturated rings. The molecule has 0 aliphatic carbocycles. The van der Waals surface area contributed by atoms with Gasteiger partial charge in [0.05, 0.1) is 0 Å². The standard InChI is InChI=1S/C13H9ClF2NO.BrH.Zn/c1-8-5-11(9-3-2-4-10(14)6-9)12(17-7-8)18-13(15)16;;/h2-7,13H,1H2;1H;/q-1;;. The van der Waals surface area contributed by atoms with Crippen LogP contribution >= 0.6 is 28.6 Å². The van der Waals surface area contributed by atoms with Crippen molar-refractivity contribution < 1.29 is 33.0 Å². The Morgan fingerprint density at radius 3 is 2.55 bits per heavy atom. The summed E-state index contributed by atoms with van der Waals surface area (Å²) < 4.78 is 29.0. The second-order valence-corrected chi connectivity index (χ2v) is 4.02. The van der Waals surface area contributed by atoms with Crippen molar-refractivity contribution in [3.05, 3.63) is 54.0 Å². The molecule has 0 unspecified atom stereocenters. The second-order valence-electron chi connectivity index (χ2n) is 3.59. The molecule has 0 aliphatic heterocycles. The fourth-order valence-electron chi connectivity index (χ4n) is 1.54. The maximum atomic E-state index is 12.3. The molecule has 1 aromatic carbocycles. The van der Waals surface area contributed by atoms with E-state index in [1.54, 1.807) is 30.3 Å². The number of alkyl halides is 2.